The van der Waals surface area contributed by atoms with Crippen molar-refractivity contribution < 1.29 is 4.39 Å². The van der Waals surface area contributed by atoms with E-state index in [2.05, 4.69) is 32.0 Å². The van der Waals surface area contributed by atoms with Gasteiger partial charge in [-0.2, -0.15) is 0 Å². The highest BCUT2D eigenvalue weighted by Gasteiger charge is 2.12. The first-order valence-electron chi connectivity index (χ1n) is 6.77. The summed E-state index contributed by atoms with van der Waals surface area (Å²) < 4.78 is 13.2. The van der Waals surface area contributed by atoms with E-state index in [-0.39, 0.29) is 11.9 Å². The molecule has 0 saturated carbocycles. The highest BCUT2D eigenvalue weighted by Crippen LogP contribution is 2.21. The fraction of sp³-hybridized carbons (Fsp3) is 0.294. The fourth-order valence-electron chi connectivity index (χ4n) is 2.45. The second kappa shape index (κ2) is 6.06. The van der Waals surface area contributed by atoms with Crippen LogP contribution >= 0.6 is 0 Å². The van der Waals surface area contributed by atoms with E-state index >= 15 is 0 Å². The Balaban J connectivity index is 2.12. The van der Waals surface area contributed by atoms with E-state index in [1.807, 2.05) is 18.0 Å². The van der Waals surface area contributed by atoms with Crippen LogP contribution in [0.2, 0.25) is 0 Å². The van der Waals surface area contributed by atoms with Crippen molar-refractivity contribution in [3.63, 3.8) is 0 Å². The number of likely N-dealkylation sites (N-methyl/N-ethyl adjacent to an activating group) is 1. The van der Waals surface area contributed by atoms with Crippen LogP contribution in [-0.4, -0.2) is 13.6 Å². The van der Waals surface area contributed by atoms with Crippen LogP contribution in [-0.2, 0) is 0 Å². The van der Waals surface area contributed by atoms with E-state index < -0.39 is 0 Å². The molecule has 0 aromatic heterocycles. The standard InChI is InChI=1S/C17H21FN2/c1-12-7-8-16(13(2)9-12)17(19)11-20(3)15-6-4-5-14(18)10-15/h4-10,17H,11,19H2,1-3H3. The van der Waals surface area contributed by atoms with Crippen molar-refractivity contribution in [2.75, 3.05) is 18.5 Å². The third-order valence-electron chi connectivity index (χ3n) is 3.54. The molecule has 2 aromatic rings. The number of halogens is 1. The smallest absolute Gasteiger partial charge is 0.125 e. The maximum Gasteiger partial charge on any atom is 0.125 e. The third kappa shape index (κ3) is 3.36. The molecule has 0 fully saturated rings. The van der Waals surface area contributed by atoms with Crippen LogP contribution in [0.25, 0.3) is 0 Å². The van der Waals surface area contributed by atoms with E-state index in [0.717, 1.165) is 11.3 Å². The molecule has 2 N–H and O–H groups in total. The van der Waals surface area contributed by atoms with Gasteiger partial charge in [0.05, 0.1) is 0 Å². The van der Waals surface area contributed by atoms with E-state index in [0.29, 0.717) is 6.54 Å². The number of hydrogen-bond donors (Lipinski definition) is 1. The molecule has 0 spiro atoms. The Kier molecular flexibility index (Phi) is 4.40. The Bertz CT molecular complexity index is 595. The molecule has 0 aliphatic carbocycles. The second-order valence-corrected chi connectivity index (χ2v) is 5.33. The number of anilines is 1. The predicted octanol–water partition coefficient (Wildman–Crippen LogP) is 3.58. The largest absolute Gasteiger partial charge is 0.373 e. The number of nitrogens with two attached hydrogens (primary N) is 1. The zero-order valence-electron chi connectivity index (χ0n) is 12.2. The lowest BCUT2D eigenvalue weighted by Crippen LogP contribution is -2.29. The van der Waals surface area contributed by atoms with Gasteiger partial charge in [0.2, 0.25) is 0 Å². The molecule has 0 heterocycles. The lowest BCUT2D eigenvalue weighted by atomic mass is 9.99. The molecule has 1 unspecified atom stereocenters. The van der Waals surface area contributed by atoms with Crippen LogP contribution in [0.5, 0.6) is 0 Å². The lowest BCUT2D eigenvalue weighted by molar-refractivity contribution is 0.625. The number of benzene rings is 2. The Morgan fingerprint density at radius 2 is 1.90 bits per heavy atom. The van der Waals surface area contributed by atoms with Gasteiger partial charge >= 0.3 is 0 Å². The Hall–Kier alpha value is -1.87. The van der Waals surface area contributed by atoms with E-state index in [1.54, 1.807) is 6.07 Å². The first-order chi connectivity index (χ1) is 9.47. The topological polar surface area (TPSA) is 29.3 Å². The minimum absolute atomic E-state index is 0.0936. The van der Waals surface area contributed by atoms with E-state index in [1.165, 1.54) is 23.3 Å². The van der Waals surface area contributed by atoms with Crippen LogP contribution < -0.4 is 10.6 Å². The number of aryl methyl sites for hydroxylation is 2. The van der Waals surface area contributed by atoms with Gasteiger partial charge in [-0.3, -0.25) is 0 Å². The summed E-state index contributed by atoms with van der Waals surface area (Å²) in [6, 6.07) is 12.8. The van der Waals surface area contributed by atoms with Gasteiger partial charge in [-0.25, -0.2) is 4.39 Å². The molecule has 0 bridgehead atoms. The first-order valence-corrected chi connectivity index (χ1v) is 6.77. The zero-order valence-corrected chi connectivity index (χ0v) is 12.2. The minimum Gasteiger partial charge on any atom is -0.373 e. The zero-order chi connectivity index (χ0) is 14.7. The Labute approximate surface area is 120 Å². The summed E-state index contributed by atoms with van der Waals surface area (Å²) in [5, 5.41) is 0. The van der Waals surface area contributed by atoms with Gasteiger partial charge in [0.1, 0.15) is 5.82 Å². The van der Waals surface area contributed by atoms with Crippen molar-refractivity contribution in [2.45, 2.75) is 19.9 Å². The average Bonchev–Trinajstić information content (AvgIpc) is 2.38. The summed E-state index contributed by atoms with van der Waals surface area (Å²) in [5.74, 6) is -0.227. The van der Waals surface area contributed by atoms with Crippen LogP contribution in [0.15, 0.2) is 42.5 Å². The number of nitrogens with zero attached hydrogens (tertiary/aromatic N) is 1. The molecule has 20 heavy (non-hydrogen) atoms. The van der Waals surface area contributed by atoms with Crippen LogP contribution in [0.4, 0.5) is 10.1 Å². The normalized spacial score (nSPS) is 12.2. The molecule has 0 saturated heterocycles. The summed E-state index contributed by atoms with van der Waals surface area (Å²) in [7, 11) is 1.93. The number of rotatable bonds is 4. The predicted molar refractivity (Wildman–Crippen MR) is 82.5 cm³/mol. The third-order valence-corrected chi connectivity index (χ3v) is 3.54. The summed E-state index contributed by atoms with van der Waals surface area (Å²) in [4.78, 5) is 1.98. The molecule has 0 radical (unpaired) electrons. The van der Waals surface area contributed by atoms with Crippen molar-refractivity contribution in [1.82, 2.24) is 0 Å². The molecule has 2 rings (SSSR count). The quantitative estimate of drug-likeness (QED) is 0.921. The van der Waals surface area contributed by atoms with Crippen LogP contribution in [0.3, 0.4) is 0 Å². The van der Waals surface area contributed by atoms with Gasteiger partial charge in [0.25, 0.3) is 0 Å². The molecule has 0 amide bonds. The van der Waals surface area contributed by atoms with Gasteiger partial charge in [0, 0.05) is 25.3 Å². The molecule has 2 aromatic carbocycles. The highest BCUT2D eigenvalue weighted by molar-refractivity contribution is 5.46. The van der Waals surface area contributed by atoms with Gasteiger partial charge in [-0.05, 0) is 43.2 Å². The lowest BCUT2D eigenvalue weighted by Gasteiger charge is -2.24. The summed E-state index contributed by atoms with van der Waals surface area (Å²) in [6.45, 7) is 4.79. The monoisotopic (exact) mass is 272 g/mol. The van der Waals surface area contributed by atoms with Crippen molar-refractivity contribution in [3.05, 3.63) is 65.0 Å². The van der Waals surface area contributed by atoms with Crippen molar-refractivity contribution in [1.29, 1.82) is 0 Å². The van der Waals surface area contributed by atoms with Crippen LogP contribution in [0.1, 0.15) is 22.7 Å². The van der Waals surface area contributed by atoms with Gasteiger partial charge < -0.3 is 10.6 Å². The van der Waals surface area contributed by atoms with Gasteiger partial charge in [-0.1, -0.05) is 29.8 Å². The van der Waals surface area contributed by atoms with Crippen molar-refractivity contribution in [2.24, 2.45) is 5.73 Å². The molecule has 1 atom stereocenters. The van der Waals surface area contributed by atoms with Crippen molar-refractivity contribution >= 4 is 5.69 Å². The molecule has 0 aliphatic heterocycles. The summed E-state index contributed by atoms with van der Waals surface area (Å²) in [6.07, 6.45) is 0. The Morgan fingerprint density at radius 3 is 2.55 bits per heavy atom. The minimum atomic E-state index is -0.227. The highest BCUT2D eigenvalue weighted by atomic mass is 19.1. The first kappa shape index (κ1) is 14.5. The molecule has 106 valence electrons. The van der Waals surface area contributed by atoms with Gasteiger partial charge in [-0.15, -0.1) is 0 Å². The average molecular weight is 272 g/mol. The van der Waals surface area contributed by atoms with Gasteiger partial charge in [0.15, 0.2) is 0 Å². The second-order valence-electron chi connectivity index (χ2n) is 5.33. The van der Waals surface area contributed by atoms with Crippen molar-refractivity contribution in [3.8, 4) is 0 Å². The maximum absolute atomic E-state index is 13.2. The summed E-state index contributed by atoms with van der Waals surface area (Å²) in [5.41, 5.74) is 10.7. The SMILES string of the molecule is Cc1ccc(C(N)CN(C)c2cccc(F)c2)c(C)c1. The number of hydrogen-bond acceptors (Lipinski definition) is 2. The van der Waals surface area contributed by atoms with E-state index in [9.17, 15) is 4.39 Å². The fourth-order valence-corrected chi connectivity index (χ4v) is 2.45. The van der Waals surface area contributed by atoms with Crippen LogP contribution in [0, 0.1) is 19.7 Å². The molecular weight excluding hydrogens is 251 g/mol. The Morgan fingerprint density at radius 1 is 1.15 bits per heavy atom. The molecular formula is C17H21FN2. The molecule has 2 nitrogen and oxygen atoms in total. The molecule has 3 heteroatoms. The molecule has 0 aliphatic rings. The van der Waals surface area contributed by atoms with E-state index in [4.69, 9.17) is 5.73 Å². The summed E-state index contributed by atoms with van der Waals surface area (Å²) >= 11 is 0. The maximum atomic E-state index is 13.2.